The van der Waals surface area contributed by atoms with Crippen LogP contribution in [0.4, 0.5) is 0 Å². The van der Waals surface area contributed by atoms with Crippen LogP contribution in [0.15, 0.2) is 0 Å². The van der Waals surface area contributed by atoms with Crippen LogP contribution in [0, 0.1) is 17.8 Å². The molecular weight excluding hydrogens is 256 g/mol. The first-order valence-corrected chi connectivity index (χ1v) is 9.63. The zero-order chi connectivity index (χ0) is 15.2. The van der Waals surface area contributed by atoms with Crippen molar-refractivity contribution in [2.24, 2.45) is 17.8 Å². The van der Waals surface area contributed by atoms with Crippen molar-refractivity contribution in [2.75, 3.05) is 19.6 Å². The zero-order valence-corrected chi connectivity index (χ0v) is 14.9. The van der Waals surface area contributed by atoms with Gasteiger partial charge in [0.1, 0.15) is 0 Å². The van der Waals surface area contributed by atoms with Gasteiger partial charge < -0.3 is 10.2 Å². The summed E-state index contributed by atoms with van der Waals surface area (Å²) in [6, 6.07) is 1.62. The Kier molecular flexibility index (Phi) is 7.01. The molecule has 0 aromatic carbocycles. The summed E-state index contributed by atoms with van der Waals surface area (Å²) in [5.41, 5.74) is 0. The van der Waals surface area contributed by atoms with Crippen LogP contribution in [0.2, 0.25) is 0 Å². The Bertz CT molecular complexity index is 289. The number of likely N-dealkylation sites (tertiary alicyclic amines) is 1. The van der Waals surface area contributed by atoms with Crippen LogP contribution in [0.25, 0.3) is 0 Å². The monoisotopic (exact) mass is 294 g/mol. The van der Waals surface area contributed by atoms with Crippen molar-refractivity contribution in [3.63, 3.8) is 0 Å². The van der Waals surface area contributed by atoms with E-state index in [-0.39, 0.29) is 0 Å². The number of hydrogen-bond acceptors (Lipinski definition) is 2. The van der Waals surface area contributed by atoms with Crippen molar-refractivity contribution >= 4 is 0 Å². The molecule has 21 heavy (non-hydrogen) atoms. The number of nitrogens with one attached hydrogen (secondary N) is 1. The summed E-state index contributed by atoms with van der Waals surface area (Å²) in [6.45, 7) is 13.4. The second-order valence-electron chi connectivity index (χ2n) is 7.82. The van der Waals surface area contributed by atoms with Crippen molar-refractivity contribution in [1.29, 1.82) is 0 Å². The SMILES string of the molecule is CCCC1CCCCN1CC1C(C)CC(C)CC1NCC. The molecule has 1 aliphatic heterocycles. The molecule has 1 heterocycles. The lowest BCUT2D eigenvalue weighted by Gasteiger charge is -2.45. The third-order valence-electron chi connectivity index (χ3n) is 5.96. The van der Waals surface area contributed by atoms with Crippen molar-refractivity contribution < 1.29 is 0 Å². The molecule has 0 aromatic rings. The first kappa shape index (κ1) is 17.3. The average Bonchev–Trinajstić information content (AvgIpc) is 2.45. The topological polar surface area (TPSA) is 15.3 Å². The van der Waals surface area contributed by atoms with Crippen LogP contribution >= 0.6 is 0 Å². The maximum atomic E-state index is 3.81. The van der Waals surface area contributed by atoms with Crippen LogP contribution in [0.5, 0.6) is 0 Å². The molecule has 0 aromatic heterocycles. The largest absolute Gasteiger partial charge is 0.314 e. The van der Waals surface area contributed by atoms with E-state index >= 15 is 0 Å². The van der Waals surface area contributed by atoms with E-state index < -0.39 is 0 Å². The Hall–Kier alpha value is -0.0800. The summed E-state index contributed by atoms with van der Waals surface area (Å²) in [7, 11) is 0. The highest BCUT2D eigenvalue weighted by atomic mass is 15.2. The van der Waals surface area contributed by atoms with Gasteiger partial charge in [0.05, 0.1) is 0 Å². The van der Waals surface area contributed by atoms with Crippen molar-refractivity contribution in [3.05, 3.63) is 0 Å². The van der Waals surface area contributed by atoms with Gasteiger partial charge >= 0.3 is 0 Å². The lowest BCUT2D eigenvalue weighted by molar-refractivity contribution is 0.0601. The van der Waals surface area contributed by atoms with Crippen LogP contribution in [0.3, 0.4) is 0 Å². The van der Waals surface area contributed by atoms with E-state index in [9.17, 15) is 0 Å². The normalized spacial score (nSPS) is 38.6. The lowest BCUT2D eigenvalue weighted by Crippen LogP contribution is -2.51. The second kappa shape index (κ2) is 8.53. The molecule has 2 aliphatic rings. The van der Waals surface area contributed by atoms with E-state index in [0.29, 0.717) is 0 Å². The van der Waals surface area contributed by atoms with E-state index in [2.05, 4.69) is 37.9 Å². The van der Waals surface area contributed by atoms with Gasteiger partial charge in [0.15, 0.2) is 0 Å². The van der Waals surface area contributed by atoms with E-state index in [1.54, 1.807) is 0 Å². The summed E-state index contributed by atoms with van der Waals surface area (Å²) < 4.78 is 0. The van der Waals surface area contributed by atoms with Crippen LogP contribution in [0.1, 0.15) is 72.6 Å². The Balaban J connectivity index is 1.99. The van der Waals surface area contributed by atoms with Crippen LogP contribution in [-0.2, 0) is 0 Å². The first-order chi connectivity index (χ1) is 10.2. The number of hydrogen-bond donors (Lipinski definition) is 1. The smallest absolute Gasteiger partial charge is 0.0112 e. The highest BCUT2D eigenvalue weighted by Gasteiger charge is 2.36. The predicted octanol–water partition coefficient (Wildman–Crippen LogP) is 4.30. The Morgan fingerprint density at radius 3 is 2.62 bits per heavy atom. The van der Waals surface area contributed by atoms with E-state index in [1.807, 2.05) is 0 Å². The van der Waals surface area contributed by atoms with Crippen molar-refractivity contribution in [3.8, 4) is 0 Å². The zero-order valence-electron chi connectivity index (χ0n) is 14.9. The van der Waals surface area contributed by atoms with E-state index in [1.165, 1.54) is 58.0 Å². The van der Waals surface area contributed by atoms with Crippen LogP contribution in [-0.4, -0.2) is 36.6 Å². The van der Waals surface area contributed by atoms with E-state index in [4.69, 9.17) is 0 Å². The fourth-order valence-electron chi connectivity index (χ4n) is 4.95. The standard InChI is InChI=1S/C19H38N2/c1-5-9-17-10-7-8-11-21(17)14-18-16(4)12-15(3)13-19(18)20-6-2/h15-20H,5-14H2,1-4H3. The van der Waals surface area contributed by atoms with Gasteiger partial charge in [-0.15, -0.1) is 0 Å². The minimum absolute atomic E-state index is 0.748. The molecule has 0 amide bonds. The molecule has 2 rings (SSSR count). The number of piperidine rings is 1. The van der Waals surface area contributed by atoms with Crippen molar-refractivity contribution in [1.82, 2.24) is 10.2 Å². The maximum absolute atomic E-state index is 3.81. The predicted molar refractivity (Wildman–Crippen MR) is 92.6 cm³/mol. The molecule has 1 N–H and O–H groups in total. The van der Waals surface area contributed by atoms with Crippen molar-refractivity contribution in [2.45, 2.75) is 84.7 Å². The third kappa shape index (κ3) is 4.69. The molecule has 1 saturated heterocycles. The fraction of sp³-hybridized carbons (Fsp3) is 1.00. The first-order valence-electron chi connectivity index (χ1n) is 9.63. The summed E-state index contributed by atoms with van der Waals surface area (Å²) in [5, 5.41) is 3.81. The highest BCUT2D eigenvalue weighted by molar-refractivity contribution is 4.91. The van der Waals surface area contributed by atoms with Gasteiger partial charge in [-0.2, -0.15) is 0 Å². The fourth-order valence-corrected chi connectivity index (χ4v) is 4.95. The molecule has 0 spiro atoms. The van der Waals surface area contributed by atoms with Gasteiger partial charge in [-0.1, -0.05) is 40.5 Å². The minimum Gasteiger partial charge on any atom is -0.314 e. The molecule has 5 atom stereocenters. The van der Waals surface area contributed by atoms with Gasteiger partial charge in [0.2, 0.25) is 0 Å². The quantitative estimate of drug-likeness (QED) is 0.785. The van der Waals surface area contributed by atoms with Gasteiger partial charge in [0, 0.05) is 18.6 Å². The van der Waals surface area contributed by atoms with Gasteiger partial charge in [-0.05, 0) is 62.9 Å². The maximum Gasteiger partial charge on any atom is 0.0112 e. The van der Waals surface area contributed by atoms with Crippen LogP contribution < -0.4 is 5.32 Å². The summed E-state index contributed by atoms with van der Waals surface area (Å²) >= 11 is 0. The highest BCUT2D eigenvalue weighted by Crippen LogP contribution is 2.35. The Morgan fingerprint density at radius 2 is 1.90 bits per heavy atom. The lowest BCUT2D eigenvalue weighted by atomic mass is 9.71. The van der Waals surface area contributed by atoms with Gasteiger partial charge in [0.25, 0.3) is 0 Å². The molecule has 1 saturated carbocycles. The molecule has 0 radical (unpaired) electrons. The molecule has 5 unspecified atom stereocenters. The number of rotatable bonds is 6. The molecule has 124 valence electrons. The molecule has 0 bridgehead atoms. The third-order valence-corrected chi connectivity index (χ3v) is 5.96. The average molecular weight is 295 g/mol. The Labute approximate surface area is 133 Å². The molecule has 2 nitrogen and oxygen atoms in total. The summed E-state index contributed by atoms with van der Waals surface area (Å²) in [6.07, 6.45) is 9.88. The molecule has 2 heteroatoms. The second-order valence-corrected chi connectivity index (χ2v) is 7.82. The Morgan fingerprint density at radius 1 is 1.10 bits per heavy atom. The molecule has 2 fully saturated rings. The van der Waals surface area contributed by atoms with Gasteiger partial charge in [-0.25, -0.2) is 0 Å². The number of nitrogens with zero attached hydrogens (tertiary/aromatic N) is 1. The summed E-state index contributed by atoms with van der Waals surface area (Å²) in [4.78, 5) is 2.86. The minimum atomic E-state index is 0.748. The van der Waals surface area contributed by atoms with E-state index in [0.717, 1.165) is 36.4 Å². The van der Waals surface area contributed by atoms with Gasteiger partial charge in [-0.3, -0.25) is 0 Å². The summed E-state index contributed by atoms with van der Waals surface area (Å²) in [5.74, 6) is 2.63. The molecular formula is C19H38N2. The molecule has 1 aliphatic carbocycles.